The van der Waals surface area contributed by atoms with Crippen molar-refractivity contribution in [3.63, 3.8) is 0 Å². The summed E-state index contributed by atoms with van der Waals surface area (Å²) in [6.45, 7) is 1.99. The van der Waals surface area contributed by atoms with Crippen LogP contribution in [0.1, 0.15) is 18.4 Å². The van der Waals surface area contributed by atoms with Crippen molar-refractivity contribution in [1.29, 1.82) is 0 Å². The minimum absolute atomic E-state index is 0.0810. The molecule has 1 fully saturated rings. The molecular weight excluding hydrogens is 328 g/mol. The van der Waals surface area contributed by atoms with Crippen LogP contribution in [0.15, 0.2) is 48.7 Å². The number of hydrogen-bond donors (Lipinski definition) is 1. The van der Waals surface area contributed by atoms with Crippen LogP contribution in [0.5, 0.6) is 17.4 Å². The van der Waals surface area contributed by atoms with Crippen LogP contribution in [0.4, 0.5) is 5.69 Å². The highest BCUT2D eigenvalue weighted by Crippen LogP contribution is 2.43. The Labute approximate surface area is 153 Å². The van der Waals surface area contributed by atoms with Crippen LogP contribution >= 0.6 is 0 Å². The number of aryl methyl sites for hydroxylation is 1. The highest BCUT2D eigenvalue weighted by atomic mass is 16.5. The summed E-state index contributed by atoms with van der Waals surface area (Å²) < 4.78 is 11.1. The van der Waals surface area contributed by atoms with Gasteiger partial charge in [-0.2, -0.15) is 0 Å². The molecule has 1 saturated carbocycles. The second-order valence-corrected chi connectivity index (χ2v) is 7.02. The Kier molecular flexibility index (Phi) is 4.37. The van der Waals surface area contributed by atoms with Crippen LogP contribution in [-0.4, -0.2) is 18.0 Å². The summed E-state index contributed by atoms with van der Waals surface area (Å²) in [6.07, 6.45) is 8.11. The molecular formula is C21H22N2O3. The van der Waals surface area contributed by atoms with Gasteiger partial charge < -0.3 is 14.8 Å². The van der Waals surface area contributed by atoms with E-state index >= 15 is 0 Å². The number of nitrogens with zero attached hydrogens (tertiary/aromatic N) is 1. The van der Waals surface area contributed by atoms with Gasteiger partial charge in [0.05, 0.1) is 19.0 Å². The normalized spacial score (nSPS) is 23.1. The largest absolute Gasteiger partial charge is 0.493 e. The maximum Gasteiger partial charge on any atom is 0.228 e. The first-order chi connectivity index (χ1) is 12.6. The fourth-order valence-electron chi connectivity index (χ4n) is 3.80. The first kappa shape index (κ1) is 16.6. The minimum atomic E-state index is 0.0810. The van der Waals surface area contributed by atoms with Crippen molar-refractivity contribution in [2.24, 2.45) is 17.8 Å². The van der Waals surface area contributed by atoms with Crippen LogP contribution in [0.3, 0.4) is 0 Å². The summed E-state index contributed by atoms with van der Waals surface area (Å²) in [4.78, 5) is 16.8. The van der Waals surface area contributed by atoms with E-state index in [0.717, 1.165) is 18.4 Å². The number of pyridine rings is 1. The number of nitrogens with one attached hydrogen (secondary N) is 1. The third-order valence-electron chi connectivity index (χ3n) is 5.15. The average Bonchev–Trinajstić information content (AvgIpc) is 3.28. The first-order valence-electron chi connectivity index (χ1n) is 8.90. The van der Waals surface area contributed by atoms with E-state index in [-0.39, 0.29) is 11.8 Å². The van der Waals surface area contributed by atoms with Crippen LogP contribution < -0.4 is 14.8 Å². The number of benzene rings is 1. The number of fused-ring (bicyclic) bond motifs is 2. The Hall–Kier alpha value is -2.82. The lowest BCUT2D eigenvalue weighted by atomic mass is 9.93. The lowest BCUT2D eigenvalue weighted by molar-refractivity contribution is -0.120. The van der Waals surface area contributed by atoms with Gasteiger partial charge in [0.2, 0.25) is 11.8 Å². The van der Waals surface area contributed by atoms with Gasteiger partial charge in [-0.3, -0.25) is 4.79 Å². The molecule has 0 spiro atoms. The van der Waals surface area contributed by atoms with Crippen molar-refractivity contribution in [3.05, 3.63) is 54.2 Å². The van der Waals surface area contributed by atoms with Gasteiger partial charge in [0.15, 0.2) is 11.5 Å². The maximum absolute atomic E-state index is 12.5. The number of amides is 1. The lowest BCUT2D eigenvalue weighted by Gasteiger charge is -2.17. The average molecular weight is 350 g/mol. The van der Waals surface area contributed by atoms with E-state index in [0.29, 0.717) is 34.9 Å². The number of hydrogen-bond acceptors (Lipinski definition) is 4. The Morgan fingerprint density at radius 2 is 2.04 bits per heavy atom. The summed E-state index contributed by atoms with van der Waals surface area (Å²) in [5, 5.41) is 2.97. The van der Waals surface area contributed by atoms with Crippen molar-refractivity contribution in [2.45, 2.75) is 19.8 Å². The van der Waals surface area contributed by atoms with Crippen LogP contribution in [-0.2, 0) is 4.79 Å². The molecule has 134 valence electrons. The number of ether oxygens (including phenoxy) is 2. The molecule has 5 nitrogen and oxygen atoms in total. The summed E-state index contributed by atoms with van der Waals surface area (Å²) in [5.41, 5.74) is 1.78. The topological polar surface area (TPSA) is 60.5 Å². The molecule has 5 heteroatoms. The number of methoxy groups -OCH3 is 1. The standard InChI is InChI=1S/C21H22N2O3/c1-13-3-7-18(19(9-13)25-2)26-20-8-6-16(12-22-20)23-21(24)17-11-14-4-5-15(17)10-14/h3-9,12,14-15,17H,10-11H2,1-2H3,(H,23,24)/t14-,15-,17+/m0/s1. The summed E-state index contributed by atoms with van der Waals surface area (Å²) >= 11 is 0. The number of allylic oxidation sites excluding steroid dienone is 2. The third-order valence-corrected chi connectivity index (χ3v) is 5.15. The second kappa shape index (κ2) is 6.83. The zero-order chi connectivity index (χ0) is 18.1. The molecule has 0 radical (unpaired) electrons. The zero-order valence-electron chi connectivity index (χ0n) is 14.9. The number of carbonyl (C=O) groups excluding carboxylic acids is 1. The third kappa shape index (κ3) is 3.29. The van der Waals surface area contributed by atoms with Crippen molar-refractivity contribution in [3.8, 4) is 17.4 Å². The molecule has 4 rings (SSSR count). The van der Waals surface area contributed by atoms with Crippen molar-refractivity contribution in [1.82, 2.24) is 4.98 Å². The van der Waals surface area contributed by atoms with E-state index in [9.17, 15) is 4.79 Å². The van der Waals surface area contributed by atoms with Gasteiger partial charge >= 0.3 is 0 Å². The molecule has 0 aliphatic heterocycles. The van der Waals surface area contributed by atoms with Gasteiger partial charge in [-0.25, -0.2) is 4.98 Å². The van der Waals surface area contributed by atoms with E-state index in [1.807, 2.05) is 31.2 Å². The van der Waals surface area contributed by atoms with Gasteiger partial charge in [-0.1, -0.05) is 18.2 Å². The summed E-state index contributed by atoms with van der Waals surface area (Å²) in [7, 11) is 1.61. The van der Waals surface area contributed by atoms with Gasteiger partial charge in [0.25, 0.3) is 0 Å². The van der Waals surface area contributed by atoms with E-state index in [2.05, 4.69) is 22.5 Å². The lowest BCUT2D eigenvalue weighted by Crippen LogP contribution is -2.25. The van der Waals surface area contributed by atoms with E-state index in [1.54, 1.807) is 19.4 Å². The molecule has 1 amide bonds. The minimum Gasteiger partial charge on any atom is -0.493 e. The zero-order valence-corrected chi connectivity index (χ0v) is 14.9. The molecule has 0 saturated heterocycles. The molecule has 2 bridgehead atoms. The molecule has 0 unspecified atom stereocenters. The Morgan fingerprint density at radius 1 is 1.15 bits per heavy atom. The molecule has 1 aromatic carbocycles. The van der Waals surface area contributed by atoms with Gasteiger partial charge in [-0.05, 0) is 55.4 Å². The maximum atomic E-state index is 12.5. The van der Waals surface area contributed by atoms with Crippen LogP contribution in [0.25, 0.3) is 0 Å². The van der Waals surface area contributed by atoms with E-state index in [1.165, 1.54) is 0 Å². The van der Waals surface area contributed by atoms with Gasteiger partial charge in [0.1, 0.15) is 0 Å². The number of anilines is 1. The number of aromatic nitrogens is 1. The van der Waals surface area contributed by atoms with Crippen molar-refractivity contribution >= 4 is 11.6 Å². The quantitative estimate of drug-likeness (QED) is 0.815. The number of carbonyl (C=O) groups is 1. The highest BCUT2D eigenvalue weighted by Gasteiger charge is 2.39. The Balaban J connectivity index is 1.41. The monoisotopic (exact) mass is 350 g/mol. The molecule has 2 aromatic rings. The fraction of sp³-hybridized carbons (Fsp3) is 0.333. The van der Waals surface area contributed by atoms with Crippen LogP contribution in [0, 0.1) is 24.7 Å². The molecule has 1 N–H and O–H groups in total. The highest BCUT2D eigenvalue weighted by molar-refractivity contribution is 5.93. The van der Waals surface area contributed by atoms with Crippen molar-refractivity contribution in [2.75, 3.05) is 12.4 Å². The summed E-state index contributed by atoms with van der Waals surface area (Å²) in [6, 6.07) is 9.28. The van der Waals surface area contributed by atoms with Gasteiger partial charge in [0, 0.05) is 12.0 Å². The van der Waals surface area contributed by atoms with E-state index < -0.39 is 0 Å². The first-order valence-corrected chi connectivity index (χ1v) is 8.90. The summed E-state index contributed by atoms with van der Waals surface area (Å²) in [5.74, 6) is 2.85. The van der Waals surface area contributed by atoms with E-state index in [4.69, 9.17) is 9.47 Å². The SMILES string of the molecule is COc1cc(C)ccc1Oc1ccc(NC(=O)[C@@H]2C[C@H]3C=C[C@H]2C3)cn1. The number of rotatable bonds is 5. The second-order valence-electron chi connectivity index (χ2n) is 7.02. The molecule has 3 atom stereocenters. The molecule has 2 aliphatic carbocycles. The van der Waals surface area contributed by atoms with Crippen molar-refractivity contribution < 1.29 is 14.3 Å². The smallest absolute Gasteiger partial charge is 0.228 e. The Bertz CT molecular complexity index is 845. The predicted octanol–water partition coefficient (Wildman–Crippen LogP) is 4.34. The fourth-order valence-corrected chi connectivity index (χ4v) is 3.80. The molecule has 26 heavy (non-hydrogen) atoms. The molecule has 2 aliphatic rings. The predicted molar refractivity (Wildman–Crippen MR) is 99.5 cm³/mol. The van der Waals surface area contributed by atoms with Crippen LogP contribution in [0.2, 0.25) is 0 Å². The molecule has 1 aromatic heterocycles. The molecule has 1 heterocycles. The Morgan fingerprint density at radius 3 is 2.69 bits per heavy atom. The van der Waals surface area contributed by atoms with Gasteiger partial charge in [-0.15, -0.1) is 0 Å².